The third-order valence-electron chi connectivity index (χ3n) is 6.87. The molecule has 0 aliphatic rings. The first-order chi connectivity index (χ1) is 19.0. The van der Waals surface area contributed by atoms with Crippen molar-refractivity contribution in [2.75, 3.05) is 13.2 Å². The van der Waals surface area contributed by atoms with Gasteiger partial charge in [0.2, 0.25) is 9.84 Å². The van der Waals surface area contributed by atoms with Crippen LogP contribution in [0.25, 0.3) is 10.8 Å². The van der Waals surface area contributed by atoms with Crippen LogP contribution in [0.5, 0.6) is 0 Å². The van der Waals surface area contributed by atoms with E-state index in [1.54, 1.807) is 25.1 Å². The Balaban J connectivity index is 1.36. The van der Waals surface area contributed by atoms with Gasteiger partial charge >= 0.3 is 5.97 Å². The third kappa shape index (κ3) is 7.14. The summed E-state index contributed by atoms with van der Waals surface area (Å²) in [6.45, 7) is 6.24. The lowest BCUT2D eigenvalue weighted by Crippen LogP contribution is -2.46. The summed E-state index contributed by atoms with van der Waals surface area (Å²) in [4.78, 5) is 11.2. The van der Waals surface area contributed by atoms with Gasteiger partial charge in [0, 0.05) is 12.1 Å². The molecule has 0 saturated carbocycles. The lowest BCUT2D eigenvalue weighted by atomic mass is 9.93. The predicted molar refractivity (Wildman–Crippen MR) is 155 cm³/mol. The van der Waals surface area contributed by atoms with Gasteiger partial charge in [0.25, 0.3) is 0 Å². The van der Waals surface area contributed by atoms with Crippen molar-refractivity contribution >= 4 is 26.6 Å². The summed E-state index contributed by atoms with van der Waals surface area (Å²) in [7, 11) is -3.92. The second-order valence-corrected chi connectivity index (χ2v) is 12.5. The molecule has 8 heteroatoms. The number of sulfone groups is 1. The molecular formula is C32H35NO6S. The molecule has 0 aliphatic heterocycles. The fourth-order valence-corrected chi connectivity index (χ4v) is 6.23. The first kappa shape index (κ1) is 29.4. The van der Waals surface area contributed by atoms with Gasteiger partial charge in [0.05, 0.1) is 34.2 Å². The largest absolute Gasteiger partial charge is 0.478 e. The normalized spacial score (nSPS) is 13.7. The van der Waals surface area contributed by atoms with E-state index in [0.717, 1.165) is 6.42 Å². The van der Waals surface area contributed by atoms with Gasteiger partial charge in [-0.05, 0) is 79.4 Å². The van der Waals surface area contributed by atoms with Crippen molar-refractivity contribution in [3.05, 3.63) is 108 Å². The maximum atomic E-state index is 13.4. The number of hydrogen-bond acceptors (Lipinski definition) is 6. The molecule has 0 heterocycles. The maximum absolute atomic E-state index is 13.4. The van der Waals surface area contributed by atoms with Crippen LogP contribution in [0.3, 0.4) is 0 Å². The molecule has 40 heavy (non-hydrogen) atoms. The number of aliphatic hydroxyl groups is 1. The van der Waals surface area contributed by atoms with Crippen LogP contribution in [0.15, 0.2) is 101 Å². The van der Waals surface area contributed by atoms with E-state index in [-0.39, 0.29) is 27.5 Å². The first-order valence-electron chi connectivity index (χ1n) is 13.2. The van der Waals surface area contributed by atoms with Gasteiger partial charge in [0.15, 0.2) is 0 Å². The average Bonchev–Trinajstić information content (AvgIpc) is 2.94. The molecule has 3 N–H and O–H groups in total. The second kappa shape index (κ2) is 12.3. The molecule has 0 amide bonds. The summed E-state index contributed by atoms with van der Waals surface area (Å²) >= 11 is 0. The number of carbonyl (C=O) groups is 1. The van der Waals surface area contributed by atoms with Crippen molar-refractivity contribution in [2.45, 2.75) is 54.7 Å². The van der Waals surface area contributed by atoms with Gasteiger partial charge in [-0.3, -0.25) is 0 Å². The zero-order valence-corrected chi connectivity index (χ0v) is 23.7. The van der Waals surface area contributed by atoms with Crippen LogP contribution in [0.4, 0.5) is 0 Å². The van der Waals surface area contributed by atoms with Crippen molar-refractivity contribution < 1.29 is 28.2 Å². The number of aliphatic hydroxyl groups excluding tert-OH is 1. The number of hydrogen-bond donors (Lipinski definition) is 3. The third-order valence-corrected chi connectivity index (χ3v) is 8.72. The molecule has 0 saturated heterocycles. The Morgan fingerprint density at radius 1 is 0.925 bits per heavy atom. The van der Waals surface area contributed by atoms with Crippen LogP contribution in [-0.4, -0.2) is 49.4 Å². The van der Waals surface area contributed by atoms with E-state index >= 15 is 0 Å². The number of aromatic carboxylic acids is 1. The molecule has 1 unspecified atom stereocenters. The van der Waals surface area contributed by atoms with Gasteiger partial charge in [-0.25, -0.2) is 13.2 Å². The summed E-state index contributed by atoms with van der Waals surface area (Å²) in [5.41, 5.74) is 1.39. The lowest BCUT2D eigenvalue weighted by Gasteiger charge is -2.28. The molecule has 4 aromatic rings. The predicted octanol–water partition coefficient (Wildman–Crippen LogP) is 5.42. The van der Waals surface area contributed by atoms with Crippen LogP contribution in [0.1, 0.15) is 48.4 Å². The van der Waals surface area contributed by atoms with E-state index in [1.807, 2.05) is 12.1 Å². The van der Waals surface area contributed by atoms with E-state index < -0.39 is 28.0 Å². The van der Waals surface area contributed by atoms with Crippen LogP contribution in [0, 0.1) is 0 Å². The highest BCUT2D eigenvalue weighted by Crippen LogP contribution is 2.30. The summed E-state index contributed by atoms with van der Waals surface area (Å²) in [5, 5.41) is 25.6. The Kier molecular flexibility index (Phi) is 9.05. The maximum Gasteiger partial charge on any atom is 0.335 e. The highest BCUT2D eigenvalue weighted by atomic mass is 32.2. The first-order valence-corrected chi connectivity index (χ1v) is 14.6. The summed E-state index contributed by atoms with van der Waals surface area (Å²) < 4.78 is 32.6. The number of benzene rings is 4. The van der Waals surface area contributed by atoms with Gasteiger partial charge < -0.3 is 20.3 Å². The molecular weight excluding hydrogens is 526 g/mol. The number of rotatable bonds is 12. The number of ether oxygens (including phenoxy) is 1. The van der Waals surface area contributed by atoms with Crippen molar-refractivity contribution in [1.29, 1.82) is 0 Å². The Labute approximate surface area is 235 Å². The molecule has 0 spiro atoms. The molecule has 2 atom stereocenters. The number of nitrogens with one attached hydrogen (secondary N) is 1. The minimum Gasteiger partial charge on any atom is -0.478 e. The number of fused-ring (bicyclic) bond motifs is 1. The molecule has 4 rings (SSSR count). The van der Waals surface area contributed by atoms with E-state index in [0.29, 0.717) is 12.1 Å². The van der Waals surface area contributed by atoms with E-state index in [1.165, 1.54) is 46.7 Å². The fraction of sp³-hybridized carbons (Fsp3) is 0.281. The number of carboxylic acids is 1. The Morgan fingerprint density at radius 3 is 2.27 bits per heavy atom. The van der Waals surface area contributed by atoms with Crippen LogP contribution < -0.4 is 5.32 Å². The van der Waals surface area contributed by atoms with Crippen LogP contribution >= 0.6 is 0 Å². The summed E-state index contributed by atoms with van der Waals surface area (Å²) in [6.07, 6.45) is -0.629. The fourth-order valence-electron chi connectivity index (χ4n) is 4.68. The lowest BCUT2D eigenvalue weighted by molar-refractivity contribution is -0.00517. The zero-order valence-electron chi connectivity index (χ0n) is 22.9. The van der Waals surface area contributed by atoms with Crippen molar-refractivity contribution in [3.8, 4) is 0 Å². The highest BCUT2D eigenvalue weighted by Gasteiger charge is 2.25. The Morgan fingerprint density at radius 2 is 1.57 bits per heavy atom. The number of β-amino-alcohol motifs (C(OH)–C–C–N with tert-alkyl or cyclic N) is 1. The van der Waals surface area contributed by atoms with Crippen molar-refractivity contribution in [3.63, 3.8) is 0 Å². The molecule has 210 valence electrons. The molecule has 7 nitrogen and oxygen atoms in total. The molecule has 0 radical (unpaired) electrons. The van der Waals surface area contributed by atoms with Crippen LogP contribution in [0.2, 0.25) is 0 Å². The minimum atomic E-state index is -3.92. The van der Waals surface area contributed by atoms with E-state index in [2.05, 4.69) is 49.5 Å². The Hall–Kier alpha value is -3.56. The smallest absolute Gasteiger partial charge is 0.335 e. The van der Waals surface area contributed by atoms with E-state index in [4.69, 9.17) is 9.84 Å². The van der Waals surface area contributed by atoms with Gasteiger partial charge in [-0.1, -0.05) is 60.7 Å². The molecule has 0 aliphatic carbocycles. The highest BCUT2D eigenvalue weighted by molar-refractivity contribution is 7.91. The SMILES string of the molecule is CC(OC[C@H](O)CNC(C)(C)Cc1ccc2ccccc2c1)c1ccccc1S(=O)(=O)c1ccc(C(=O)O)cc1. The quantitative estimate of drug-likeness (QED) is 0.212. The standard InChI is InChI=1S/C32H35NO6S/c1-22(29-10-6-7-11-30(29)40(37,38)28-16-14-25(15-17-28)31(35)36)39-21-27(34)20-33-32(2,3)19-23-12-13-24-8-4-5-9-26(24)18-23/h4-18,22,27,33-34H,19-21H2,1-3H3,(H,35,36)/t22?,27-/m1/s1. The molecule has 0 aromatic heterocycles. The minimum absolute atomic E-state index is 0.00460. The topological polar surface area (TPSA) is 113 Å². The van der Waals surface area contributed by atoms with Gasteiger partial charge in [0.1, 0.15) is 0 Å². The monoisotopic (exact) mass is 561 g/mol. The van der Waals surface area contributed by atoms with Crippen molar-refractivity contribution in [1.82, 2.24) is 5.32 Å². The molecule has 0 fully saturated rings. The van der Waals surface area contributed by atoms with Gasteiger partial charge in [-0.15, -0.1) is 0 Å². The second-order valence-electron chi connectivity index (χ2n) is 10.6. The van der Waals surface area contributed by atoms with Crippen molar-refractivity contribution in [2.24, 2.45) is 0 Å². The zero-order chi connectivity index (χ0) is 28.9. The van der Waals surface area contributed by atoms with E-state index in [9.17, 15) is 18.3 Å². The summed E-state index contributed by atoms with van der Waals surface area (Å²) in [5.74, 6) is -1.13. The molecule has 4 aromatic carbocycles. The van der Waals surface area contributed by atoms with Crippen LogP contribution in [-0.2, 0) is 21.0 Å². The molecule has 0 bridgehead atoms. The summed E-state index contributed by atoms with van der Waals surface area (Å²) in [6, 6.07) is 26.3. The Bertz CT molecular complexity index is 1580. The average molecular weight is 562 g/mol. The van der Waals surface area contributed by atoms with Gasteiger partial charge in [-0.2, -0.15) is 0 Å². The number of carboxylic acid groups (broad SMARTS) is 1.